The molecule has 0 fully saturated rings. The summed E-state index contributed by atoms with van der Waals surface area (Å²) < 4.78 is 0. The predicted octanol–water partition coefficient (Wildman–Crippen LogP) is 3.70. The van der Waals surface area contributed by atoms with Gasteiger partial charge < -0.3 is 0 Å². The van der Waals surface area contributed by atoms with Crippen LogP contribution >= 0.6 is 7.92 Å². The smallest absolute Gasteiger partial charge is 0.0266 e. The molecule has 0 aliphatic rings. The molecule has 0 spiro atoms. The van der Waals surface area contributed by atoms with Gasteiger partial charge in [0.1, 0.15) is 0 Å². The van der Waals surface area contributed by atoms with Crippen LogP contribution in [-0.4, -0.2) is 18.0 Å². The number of hydrogen-bond acceptors (Lipinski definition) is 0. The van der Waals surface area contributed by atoms with Gasteiger partial charge in [-0.25, -0.2) is 0 Å². The van der Waals surface area contributed by atoms with Crippen LogP contribution in [0.15, 0.2) is 0 Å². The molecular formula is C9H21P. The average molecular weight is 160 g/mol. The standard InChI is InChI=1S/C9H21P/c1-5-7-8-10(6-2)9(3)4/h9H,5-8H2,1-4H3. The van der Waals surface area contributed by atoms with E-state index in [-0.39, 0.29) is 0 Å². The van der Waals surface area contributed by atoms with E-state index in [1.165, 1.54) is 25.2 Å². The van der Waals surface area contributed by atoms with Crippen molar-refractivity contribution < 1.29 is 0 Å². The number of unbranched alkanes of at least 4 members (excludes halogenated alkanes) is 1. The van der Waals surface area contributed by atoms with Crippen LogP contribution in [0.1, 0.15) is 40.5 Å². The molecule has 0 rings (SSSR count). The molecule has 62 valence electrons. The van der Waals surface area contributed by atoms with E-state index in [2.05, 4.69) is 27.7 Å². The van der Waals surface area contributed by atoms with Gasteiger partial charge in [0.25, 0.3) is 0 Å². The van der Waals surface area contributed by atoms with E-state index in [4.69, 9.17) is 0 Å². The van der Waals surface area contributed by atoms with Gasteiger partial charge in [-0.2, -0.15) is 0 Å². The molecule has 0 radical (unpaired) electrons. The summed E-state index contributed by atoms with van der Waals surface area (Å²) in [4.78, 5) is 0. The van der Waals surface area contributed by atoms with E-state index < -0.39 is 0 Å². The third-order valence-corrected chi connectivity index (χ3v) is 5.10. The summed E-state index contributed by atoms with van der Waals surface area (Å²) >= 11 is 0. The summed E-state index contributed by atoms with van der Waals surface area (Å²) in [6.45, 7) is 9.35. The zero-order valence-corrected chi connectivity index (χ0v) is 8.75. The van der Waals surface area contributed by atoms with Gasteiger partial charge in [-0.15, -0.1) is 7.92 Å². The summed E-state index contributed by atoms with van der Waals surface area (Å²) in [5, 5.41) is 0. The van der Waals surface area contributed by atoms with Crippen LogP contribution in [-0.2, 0) is 0 Å². The fourth-order valence-corrected chi connectivity index (χ4v) is 3.43. The maximum absolute atomic E-state index is 2.37. The van der Waals surface area contributed by atoms with E-state index in [1.54, 1.807) is 0 Å². The summed E-state index contributed by atoms with van der Waals surface area (Å²) in [7, 11) is 0.377. The number of hydrogen-bond donors (Lipinski definition) is 0. The molecule has 0 bridgehead atoms. The first-order valence-corrected chi connectivity index (χ1v) is 6.24. The van der Waals surface area contributed by atoms with Gasteiger partial charge in [0.15, 0.2) is 0 Å². The first-order valence-electron chi connectivity index (χ1n) is 4.46. The molecule has 0 aliphatic heterocycles. The highest BCUT2D eigenvalue weighted by Gasteiger charge is 2.07. The van der Waals surface area contributed by atoms with Crippen molar-refractivity contribution in [1.29, 1.82) is 0 Å². The first-order chi connectivity index (χ1) is 4.72. The first kappa shape index (κ1) is 10.4. The van der Waals surface area contributed by atoms with Gasteiger partial charge in [-0.3, -0.25) is 0 Å². The Bertz CT molecular complexity index is 69.1. The van der Waals surface area contributed by atoms with Crippen LogP contribution in [0.3, 0.4) is 0 Å². The minimum absolute atomic E-state index is 0.377. The van der Waals surface area contributed by atoms with Crippen molar-refractivity contribution in [3.8, 4) is 0 Å². The van der Waals surface area contributed by atoms with Crippen LogP contribution in [0.4, 0.5) is 0 Å². The summed E-state index contributed by atoms with van der Waals surface area (Å²) in [5.41, 5.74) is 0.951. The Labute approximate surface area is 67.2 Å². The lowest BCUT2D eigenvalue weighted by Crippen LogP contribution is -1.98. The second-order valence-electron chi connectivity index (χ2n) is 3.08. The molecule has 0 heterocycles. The summed E-state index contributed by atoms with van der Waals surface area (Å²) in [5.74, 6) is 0. The SMILES string of the molecule is CCCCP(CC)C(C)C. The van der Waals surface area contributed by atoms with Crippen molar-refractivity contribution in [3.63, 3.8) is 0 Å². The van der Waals surface area contributed by atoms with Crippen molar-refractivity contribution in [2.24, 2.45) is 0 Å². The Balaban J connectivity index is 3.40. The molecule has 0 amide bonds. The second kappa shape index (κ2) is 6.16. The van der Waals surface area contributed by atoms with E-state index in [0.717, 1.165) is 5.66 Å². The van der Waals surface area contributed by atoms with Crippen LogP contribution in [0.2, 0.25) is 0 Å². The van der Waals surface area contributed by atoms with Gasteiger partial charge in [-0.05, 0) is 24.4 Å². The molecule has 0 saturated carbocycles. The van der Waals surface area contributed by atoms with Crippen molar-refractivity contribution in [3.05, 3.63) is 0 Å². The monoisotopic (exact) mass is 160 g/mol. The van der Waals surface area contributed by atoms with Crippen LogP contribution in [0.5, 0.6) is 0 Å². The van der Waals surface area contributed by atoms with Crippen molar-refractivity contribution >= 4 is 7.92 Å². The highest BCUT2D eigenvalue weighted by Crippen LogP contribution is 2.40. The predicted molar refractivity (Wildman–Crippen MR) is 52.4 cm³/mol. The minimum atomic E-state index is 0.377. The average Bonchev–Trinajstić information content (AvgIpc) is 1.89. The normalized spacial score (nSPS) is 14.1. The molecule has 0 aromatic carbocycles. The van der Waals surface area contributed by atoms with Crippen molar-refractivity contribution in [2.45, 2.75) is 46.2 Å². The maximum atomic E-state index is 2.37. The molecule has 0 N–H and O–H groups in total. The number of rotatable bonds is 5. The van der Waals surface area contributed by atoms with Gasteiger partial charge in [0.2, 0.25) is 0 Å². The van der Waals surface area contributed by atoms with Gasteiger partial charge in [0, 0.05) is 0 Å². The Kier molecular flexibility index (Phi) is 6.43. The Morgan fingerprint density at radius 3 is 2.10 bits per heavy atom. The Morgan fingerprint density at radius 2 is 1.80 bits per heavy atom. The second-order valence-corrected chi connectivity index (χ2v) is 6.37. The molecule has 0 aliphatic carbocycles. The molecular weight excluding hydrogens is 139 g/mol. The maximum Gasteiger partial charge on any atom is -0.0266 e. The fourth-order valence-electron chi connectivity index (χ4n) is 1.14. The van der Waals surface area contributed by atoms with E-state index in [0.29, 0.717) is 7.92 Å². The molecule has 0 saturated heterocycles. The highest BCUT2D eigenvalue weighted by atomic mass is 31.1. The fraction of sp³-hybridized carbons (Fsp3) is 1.00. The van der Waals surface area contributed by atoms with E-state index >= 15 is 0 Å². The van der Waals surface area contributed by atoms with Crippen molar-refractivity contribution in [2.75, 3.05) is 12.3 Å². The van der Waals surface area contributed by atoms with Crippen molar-refractivity contribution in [1.82, 2.24) is 0 Å². The minimum Gasteiger partial charge on any atom is -0.104 e. The zero-order chi connectivity index (χ0) is 7.98. The molecule has 0 aromatic rings. The third-order valence-electron chi connectivity index (χ3n) is 1.94. The summed E-state index contributed by atoms with van der Waals surface area (Å²) in [6.07, 6.45) is 5.73. The van der Waals surface area contributed by atoms with Gasteiger partial charge in [-0.1, -0.05) is 34.1 Å². The quantitative estimate of drug-likeness (QED) is 0.538. The lowest BCUT2D eigenvalue weighted by Gasteiger charge is -2.18. The third kappa shape index (κ3) is 4.28. The zero-order valence-electron chi connectivity index (χ0n) is 7.85. The largest absolute Gasteiger partial charge is 0.104 e. The van der Waals surface area contributed by atoms with E-state index in [1.807, 2.05) is 0 Å². The van der Waals surface area contributed by atoms with Crippen LogP contribution < -0.4 is 0 Å². The Morgan fingerprint density at radius 1 is 1.20 bits per heavy atom. The molecule has 1 atom stereocenters. The van der Waals surface area contributed by atoms with Gasteiger partial charge >= 0.3 is 0 Å². The lowest BCUT2D eigenvalue weighted by molar-refractivity contribution is 0.882. The molecule has 0 aromatic heterocycles. The Hall–Kier alpha value is 0.430. The van der Waals surface area contributed by atoms with Gasteiger partial charge in [0.05, 0.1) is 0 Å². The molecule has 10 heavy (non-hydrogen) atoms. The molecule has 1 heteroatoms. The summed E-state index contributed by atoms with van der Waals surface area (Å²) in [6, 6.07) is 0. The highest BCUT2D eigenvalue weighted by molar-refractivity contribution is 7.58. The van der Waals surface area contributed by atoms with Crippen LogP contribution in [0, 0.1) is 0 Å². The molecule has 1 unspecified atom stereocenters. The van der Waals surface area contributed by atoms with E-state index in [9.17, 15) is 0 Å². The topological polar surface area (TPSA) is 0 Å². The molecule has 0 nitrogen and oxygen atoms in total. The lowest BCUT2D eigenvalue weighted by atomic mass is 10.4. The van der Waals surface area contributed by atoms with Crippen LogP contribution in [0.25, 0.3) is 0 Å².